The Hall–Kier alpha value is -1.92. The van der Waals surface area contributed by atoms with E-state index < -0.39 is 11.6 Å². The maximum atomic E-state index is 14.3. The molecule has 1 unspecified atom stereocenters. The largest absolute Gasteiger partial charge is 0.341 e. The summed E-state index contributed by atoms with van der Waals surface area (Å²) in [6.45, 7) is 1.54. The third-order valence-electron chi connectivity index (χ3n) is 5.74. The first-order valence-electron chi connectivity index (χ1n) is 9.76. The molecular formula is C22H25F2N2OS+. The number of hydrogen-bond donors (Lipinski definition) is 1. The number of rotatable bonds is 5. The SMILES string of the molecule is C[SH+]NC1CCCN(C(=O)[C@@H]2C[C@H]2c2ccccc2-c2c(F)cccc2F)C1. The van der Waals surface area contributed by atoms with Gasteiger partial charge in [-0.15, -0.1) is 4.72 Å². The predicted molar refractivity (Wildman–Crippen MR) is 110 cm³/mol. The van der Waals surface area contributed by atoms with Crippen LogP contribution in [0.4, 0.5) is 8.78 Å². The number of hydrogen-bond acceptors (Lipinski definition) is 2. The van der Waals surface area contributed by atoms with Crippen molar-refractivity contribution in [2.75, 3.05) is 19.3 Å². The third-order valence-corrected chi connectivity index (χ3v) is 6.37. The molecule has 6 heteroatoms. The quantitative estimate of drug-likeness (QED) is 0.610. The minimum absolute atomic E-state index is 0.000361. The zero-order valence-corrected chi connectivity index (χ0v) is 16.8. The molecule has 0 aromatic heterocycles. The van der Waals surface area contributed by atoms with Crippen molar-refractivity contribution in [3.63, 3.8) is 0 Å². The molecule has 1 heterocycles. The Balaban J connectivity index is 1.54. The van der Waals surface area contributed by atoms with Crippen LogP contribution in [0.25, 0.3) is 11.1 Å². The van der Waals surface area contributed by atoms with E-state index in [1.807, 2.05) is 17.0 Å². The van der Waals surface area contributed by atoms with Crippen LogP contribution in [-0.4, -0.2) is 36.2 Å². The molecule has 1 aliphatic carbocycles. The lowest BCUT2D eigenvalue weighted by Gasteiger charge is -2.31. The molecule has 0 bridgehead atoms. The number of thiol groups is 1. The molecule has 4 rings (SSSR count). The molecule has 1 N–H and O–H groups in total. The van der Waals surface area contributed by atoms with Crippen LogP contribution in [0.2, 0.25) is 0 Å². The normalized spacial score (nSPS) is 24.2. The second-order valence-electron chi connectivity index (χ2n) is 7.61. The number of nitrogens with one attached hydrogen (secondary N) is 1. The summed E-state index contributed by atoms with van der Waals surface area (Å²) in [7, 11) is 0. The average molecular weight is 404 g/mol. The van der Waals surface area contributed by atoms with Gasteiger partial charge in [0.1, 0.15) is 17.9 Å². The van der Waals surface area contributed by atoms with Crippen molar-refractivity contribution < 1.29 is 13.6 Å². The van der Waals surface area contributed by atoms with E-state index in [0.717, 1.165) is 49.9 Å². The van der Waals surface area contributed by atoms with Crippen molar-refractivity contribution in [1.29, 1.82) is 0 Å². The van der Waals surface area contributed by atoms with E-state index in [9.17, 15) is 13.6 Å². The van der Waals surface area contributed by atoms with Crippen LogP contribution in [0.5, 0.6) is 0 Å². The van der Waals surface area contributed by atoms with Gasteiger partial charge in [0.15, 0.2) is 0 Å². The van der Waals surface area contributed by atoms with Crippen molar-refractivity contribution in [2.24, 2.45) is 5.92 Å². The van der Waals surface area contributed by atoms with E-state index in [0.29, 0.717) is 11.6 Å². The van der Waals surface area contributed by atoms with Gasteiger partial charge in [0.05, 0.1) is 23.6 Å². The summed E-state index contributed by atoms with van der Waals surface area (Å²) in [6.07, 6.45) is 4.89. The Morgan fingerprint density at radius 3 is 2.64 bits per heavy atom. The third kappa shape index (κ3) is 3.80. The van der Waals surface area contributed by atoms with Gasteiger partial charge in [-0.25, -0.2) is 8.78 Å². The summed E-state index contributed by atoms with van der Waals surface area (Å²) >= 11 is 1.13. The second-order valence-corrected chi connectivity index (χ2v) is 8.31. The first kappa shape index (κ1) is 19.4. The molecule has 2 aliphatic rings. The van der Waals surface area contributed by atoms with Crippen LogP contribution in [-0.2, 0) is 16.7 Å². The van der Waals surface area contributed by atoms with Crippen LogP contribution in [0.15, 0.2) is 42.5 Å². The van der Waals surface area contributed by atoms with E-state index >= 15 is 0 Å². The van der Waals surface area contributed by atoms with Crippen LogP contribution < -0.4 is 4.72 Å². The van der Waals surface area contributed by atoms with Crippen molar-refractivity contribution in [1.82, 2.24) is 9.62 Å². The summed E-state index contributed by atoms with van der Waals surface area (Å²) in [5.74, 6) is -1.03. The first-order valence-corrected chi connectivity index (χ1v) is 11.1. The van der Waals surface area contributed by atoms with Crippen LogP contribution >= 0.6 is 0 Å². The van der Waals surface area contributed by atoms with E-state index in [1.54, 1.807) is 12.1 Å². The summed E-state index contributed by atoms with van der Waals surface area (Å²) < 4.78 is 32.1. The van der Waals surface area contributed by atoms with Crippen LogP contribution in [0.1, 0.15) is 30.7 Å². The van der Waals surface area contributed by atoms with Crippen LogP contribution in [0.3, 0.4) is 0 Å². The van der Waals surface area contributed by atoms with Crippen molar-refractivity contribution in [3.05, 3.63) is 59.7 Å². The minimum atomic E-state index is -0.570. The molecule has 0 radical (unpaired) electrons. The van der Waals surface area contributed by atoms with Gasteiger partial charge >= 0.3 is 0 Å². The Morgan fingerprint density at radius 1 is 1.14 bits per heavy atom. The number of benzene rings is 2. The molecule has 0 spiro atoms. The summed E-state index contributed by atoms with van der Waals surface area (Å²) in [5.41, 5.74) is 1.42. The molecule has 2 fully saturated rings. The molecule has 2 aromatic carbocycles. The summed E-state index contributed by atoms with van der Waals surface area (Å²) in [6, 6.07) is 11.6. The number of carbonyl (C=O) groups excluding carboxylic acids is 1. The second kappa shape index (κ2) is 8.21. The molecule has 2 aromatic rings. The Morgan fingerprint density at radius 2 is 1.89 bits per heavy atom. The van der Waals surface area contributed by atoms with Crippen molar-refractivity contribution in [3.8, 4) is 11.1 Å². The summed E-state index contributed by atoms with van der Waals surface area (Å²) in [5, 5.41) is 0. The molecule has 148 valence electrons. The first-order chi connectivity index (χ1) is 13.6. The minimum Gasteiger partial charge on any atom is -0.341 e. The number of piperidine rings is 1. The highest BCUT2D eigenvalue weighted by molar-refractivity contribution is 7.75. The van der Waals surface area contributed by atoms with Gasteiger partial charge in [-0.1, -0.05) is 30.3 Å². The molecule has 1 saturated carbocycles. The molecule has 28 heavy (non-hydrogen) atoms. The fraction of sp³-hybridized carbons (Fsp3) is 0.409. The van der Waals surface area contributed by atoms with Gasteiger partial charge in [-0.2, -0.15) is 0 Å². The smallest absolute Gasteiger partial charge is 0.226 e. The maximum Gasteiger partial charge on any atom is 0.226 e. The zero-order valence-electron chi connectivity index (χ0n) is 15.9. The lowest BCUT2D eigenvalue weighted by atomic mass is 9.95. The van der Waals surface area contributed by atoms with Gasteiger partial charge in [-0.3, -0.25) is 4.79 Å². The maximum absolute atomic E-state index is 14.3. The number of amides is 1. The van der Waals surface area contributed by atoms with Crippen LogP contribution in [0, 0.1) is 17.6 Å². The molecule has 3 nitrogen and oxygen atoms in total. The lowest BCUT2D eigenvalue weighted by molar-refractivity contribution is -0.133. The van der Waals surface area contributed by atoms with Gasteiger partial charge in [0.25, 0.3) is 0 Å². The topological polar surface area (TPSA) is 32.3 Å². The average Bonchev–Trinajstić information content (AvgIpc) is 3.49. The molecule has 1 saturated heterocycles. The van der Waals surface area contributed by atoms with Crippen molar-refractivity contribution >= 4 is 17.9 Å². The zero-order chi connectivity index (χ0) is 19.7. The Labute approximate surface area is 168 Å². The monoisotopic (exact) mass is 403 g/mol. The van der Waals surface area contributed by atoms with Gasteiger partial charge in [0.2, 0.25) is 5.91 Å². The van der Waals surface area contributed by atoms with E-state index in [-0.39, 0.29) is 23.3 Å². The molecular weight excluding hydrogens is 378 g/mol. The molecule has 1 aliphatic heterocycles. The fourth-order valence-electron chi connectivity index (χ4n) is 4.31. The number of halogens is 2. The van der Waals surface area contributed by atoms with E-state index in [1.165, 1.54) is 18.2 Å². The van der Waals surface area contributed by atoms with E-state index in [4.69, 9.17) is 0 Å². The van der Waals surface area contributed by atoms with Gasteiger partial charge in [-0.05, 0) is 48.4 Å². The highest BCUT2D eigenvalue weighted by Crippen LogP contribution is 2.51. The highest BCUT2D eigenvalue weighted by Gasteiger charge is 2.47. The number of nitrogens with zero attached hydrogens (tertiary/aromatic N) is 1. The summed E-state index contributed by atoms with van der Waals surface area (Å²) in [4.78, 5) is 15.0. The molecule has 3 atom stereocenters. The molecule has 1 amide bonds. The highest BCUT2D eigenvalue weighted by atomic mass is 32.2. The fourth-order valence-corrected chi connectivity index (χ4v) is 4.89. The number of carbonyl (C=O) groups is 1. The lowest BCUT2D eigenvalue weighted by Crippen LogP contribution is -2.48. The predicted octanol–water partition coefficient (Wildman–Crippen LogP) is 3.68. The van der Waals surface area contributed by atoms with Crippen molar-refractivity contribution in [2.45, 2.75) is 31.2 Å². The number of likely N-dealkylation sites (tertiary alicyclic amines) is 1. The van der Waals surface area contributed by atoms with E-state index in [2.05, 4.69) is 11.0 Å². The Bertz CT molecular complexity index is 853. The van der Waals surface area contributed by atoms with Gasteiger partial charge < -0.3 is 4.90 Å². The standard InChI is InChI=1S/C22H24F2N2OS/c1-28-25-14-6-5-11-26(13-14)22(27)18-12-17(18)15-7-2-3-8-16(15)21-19(23)9-4-10-20(21)24/h2-4,7-10,14,17-18,25H,5-6,11-13H2,1H3/p+1/t14?,17-,18+/m0/s1. The van der Waals surface area contributed by atoms with Gasteiger partial charge in [0, 0.05) is 19.0 Å². The Kier molecular flexibility index (Phi) is 5.69.